The standard InChI is InChI=1S/C17H25N3O2/c1-20-9-13-5-11(6-14(13)10-20)8-19-17(21)12-3-4-15(18)16(7-12)22-2/h3-4,7,11,13-14H,5-6,8-10,18H2,1-2H3,(H,19,21). The van der Waals surface area contributed by atoms with Gasteiger partial charge in [0, 0.05) is 25.2 Å². The van der Waals surface area contributed by atoms with Crippen molar-refractivity contribution in [2.75, 3.05) is 39.5 Å². The molecule has 1 amide bonds. The molecule has 0 radical (unpaired) electrons. The van der Waals surface area contributed by atoms with Gasteiger partial charge in [-0.1, -0.05) is 0 Å². The largest absolute Gasteiger partial charge is 0.495 e. The number of ether oxygens (including phenoxy) is 1. The van der Waals surface area contributed by atoms with Gasteiger partial charge >= 0.3 is 0 Å². The number of anilines is 1. The highest BCUT2D eigenvalue weighted by Gasteiger charge is 2.39. The summed E-state index contributed by atoms with van der Waals surface area (Å²) in [6.07, 6.45) is 2.47. The Balaban J connectivity index is 1.53. The van der Waals surface area contributed by atoms with Gasteiger partial charge in [-0.25, -0.2) is 0 Å². The summed E-state index contributed by atoms with van der Waals surface area (Å²) in [6, 6.07) is 5.15. The van der Waals surface area contributed by atoms with Crippen LogP contribution >= 0.6 is 0 Å². The first-order valence-corrected chi connectivity index (χ1v) is 7.97. The highest BCUT2D eigenvalue weighted by molar-refractivity contribution is 5.95. The van der Waals surface area contributed by atoms with E-state index < -0.39 is 0 Å². The van der Waals surface area contributed by atoms with E-state index >= 15 is 0 Å². The van der Waals surface area contributed by atoms with Gasteiger partial charge in [0.25, 0.3) is 5.91 Å². The number of rotatable bonds is 4. The Morgan fingerprint density at radius 2 is 2.05 bits per heavy atom. The minimum absolute atomic E-state index is 0.0486. The number of nitrogens with one attached hydrogen (secondary N) is 1. The molecule has 2 aliphatic rings. The van der Waals surface area contributed by atoms with Gasteiger partial charge in [0.1, 0.15) is 5.75 Å². The monoisotopic (exact) mass is 303 g/mol. The molecule has 1 aromatic rings. The first kappa shape index (κ1) is 15.2. The molecule has 1 heterocycles. The molecule has 1 aliphatic carbocycles. The summed E-state index contributed by atoms with van der Waals surface area (Å²) in [5, 5.41) is 3.06. The van der Waals surface area contributed by atoms with E-state index in [1.54, 1.807) is 25.3 Å². The highest BCUT2D eigenvalue weighted by Crippen LogP contribution is 2.40. The minimum atomic E-state index is -0.0486. The molecule has 2 atom stereocenters. The fourth-order valence-electron chi connectivity index (χ4n) is 4.02. The Morgan fingerprint density at radius 3 is 2.68 bits per heavy atom. The molecule has 22 heavy (non-hydrogen) atoms. The smallest absolute Gasteiger partial charge is 0.251 e. The molecule has 1 aromatic carbocycles. The zero-order valence-corrected chi connectivity index (χ0v) is 13.3. The normalized spacial score (nSPS) is 27.6. The number of hydrogen-bond donors (Lipinski definition) is 2. The molecular formula is C17H25N3O2. The Morgan fingerprint density at radius 1 is 1.36 bits per heavy atom. The molecule has 0 spiro atoms. The Bertz CT molecular complexity index is 547. The fourth-order valence-corrected chi connectivity index (χ4v) is 4.02. The van der Waals surface area contributed by atoms with Crippen LogP contribution in [0.1, 0.15) is 23.2 Å². The van der Waals surface area contributed by atoms with Gasteiger partial charge in [0.05, 0.1) is 12.8 Å². The van der Waals surface area contributed by atoms with E-state index in [-0.39, 0.29) is 5.91 Å². The van der Waals surface area contributed by atoms with E-state index in [4.69, 9.17) is 10.5 Å². The lowest BCUT2D eigenvalue weighted by Gasteiger charge is -2.15. The predicted molar refractivity (Wildman–Crippen MR) is 86.9 cm³/mol. The fraction of sp³-hybridized carbons (Fsp3) is 0.588. The van der Waals surface area contributed by atoms with Crippen molar-refractivity contribution in [3.63, 3.8) is 0 Å². The van der Waals surface area contributed by atoms with Crippen LogP contribution in [0.25, 0.3) is 0 Å². The third kappa shape index (κ3) is 3.04. The molecule has 1 saturated heterocycles. The number of likely N-dealkylation sites (tertiary alicyclic amines) is 1. The van der Waals surface area contributed by atoms with Gasteiger partial charge in [-0.2, -0.15) is 0 Å². The van der Waals surface area contributed by atoms with Gasteiger partial charge in [0.15, 0.2) is 0 Å². The van der Waals surface area contributed by atoms with Crippen LogP contribution in [0.3, 0.4) is 0 Å². The molecule has 5 heteroatoms. The van der Waals surface area contributed by atoms with Crippen LogP contribution in [0.15, 0.2) is 18.2 Å². The summed E-state index contributed by atoms with van der Waals surface area (Å²) in [5.41, 5.74) is 6.93. The van der Waals surface area contributed by atoms with E-state index in [1.807, 2.05) is 0 Å². The molecule has 0 bridgehead atoms. The van der Waals surface area contributed by atoms with E-state index in [0.29, 0.717) is 22.9 Å². The lowest BCUT2D eigenvalue weighted by atomic mass is 10.0. The van der Waals surface area contributed by atoms with Crippen molar-refractivity contribution in [2.45, 2.75) is 12.8 Å². The lowest BCUT2D eigenvalue weighted by Crippen LogP contribution is -2.29. The van der Waals surface area contributed by atoms with Crippen molar-refractivity contribution in [1.29, 1.82) is 0 Å². The van der Waals surface area contributed by atoms with Crippen LogP contribution in [-0.2, 0) is 0 Å². The second-order valence-corrected chi connectivity index (χ2v) is 6.75. The molecule has 3 N–H and O–H groups in total. The van der Waals surface area contributed by atoms with Gasteiger partial charge < -0.3 is 20.7 Å². The van der Waals surface area contributed by atoms with Gasteiger partial charge in [0.2, 0.25) is 0 Å². The van der Waals surface area contributed by atoms with Crippen molar-refractivity contribution < 1.29 is 9.53 Å². The van der Waals surface area contributed by atoms with Crippen LogP contribution in [0.5, 0.6) is 5.75 Å². The first-order chi connectivity index (χ1) is 10.6. The van der Waals surface area contributed by atoms with Crippen LogP contribution in [0.2, 0.25) is 0 Å². The molecule has 120 valence electrons. The number of nitrogen functional groups attached to an aromatic ring is 1. The Labute approximate surface area is 131 Å². The minimum Gasteiger partial charge on any atom is -0.495 e. The average molecular weight is 303 g/mol. The molecule has 1 aliphatic heterocycles. The topological polar surface area (TPSA) is 67.6 Å². The molecule has 3 rings (SSSR count). The molecular weight excluding hydrogens is 278 g/mol. The predicted octanol–water partition coefficient (Wildman–Crippen LogP) is 1.59. The van der Waals surface area contributed by atoms with Crippen LogP contribution in [0, 0.1) is 17.8 Å². The van der Waals surface area contributed by atoms with Crippen molar-refractivity contribution in [1.82, 2.24) is 10.2 Å². The number of carbonyl (C=O) groups excluding carboxylic acids is 1. The third-order valence-corrected chi connectivity index (χ3v) is 5.08. The van der Waals surface area contributed by atoms with Crippen LogP contribution in [-0.4, -0.2) is 44.6 Å². The maximum absolute atomic E-state index is 12.3. The van der Waals surface area contributed by atoms with Gasteiger partial charge in [-0.3, -0.25) is 4.79 Å². The highest BCUT2D eigenvalue weighted by atomic mass is 16.5. The second kappa shape index (κ2) is 6.16. The average Bonchev–Trinajstić information content (AvgIpc) is 3.02. The van der Waals surface area contributed by atoms with Crippen LogP contribution in [0.4, 0.5) is 5.69 Å². The van der Waals surface area contributed by atoms with Crippen molar-refractivity contribution in [2.24, 2.45) is 17.8 Å². The number of fused-ring (bicyclic) bond motifs is 1. The summed E-state index contributed by atoms with van der Waals surface area (Å²) in [7, 11) is 3.76. The number of methoxy groups -OCH3 is 1. The maximum Gasteiger partial charge on any atom is 0.251 e. The summed E-state index contributed by atoms with van der Waals surface area (Å²) in [5.74, 6) is 2.76. The zero-order chi connectivity index (χ0) is 15.7. The number of amides is 1. The molecule has 2 fully saturated rings. The number of carbonyl (C=O) groups is 1. The number of nitrogens with two attached hydrogens (primary N) is 1. The van der Waals surface area contributed by atoms with Gasteiger partial charge in [-0.05, 0) is 55.8 Å². The van der Waals surface area contributed by atoms with Crippen molar-refractivity contribution in [3.05, 3.63) is 23.8 Å². The number of hydrogen-bond acceptors (Lipinski definition) is 4. The Kier molecular flexibility index (Phi) is 4.25. The van der Waals surface area contributed by atoms with E-state index in [1.165, 1.54) is 25.9 Å². The summed E-state index contributed by atoms with van der Waals surface area (Å²) < 4.78 is 5.16. The zero-order valence-electron chi connectivity index (χ0n) is 13.3. The molecule has 1 saturated carbocycles. The lowest BCUT2D eigenvalue weighted by molar-refractivity contribution is 0.0946. The molecule has 2 unspecified atom stereocenters. The van der Waals surface area contributed by atoms with Crippen LogP contribution < -0.4 is 15.8 Å². The Hall–Kier alpha value is -1.75. The number of benzene rings is 1. The third-order valence-electron chi connectivity index (χ3n) is 5.08. The summed E-state index contributed by atoms with van der Waals surface area (Å²) in [6.45, 7) is 3.19. The van der Waals surface area contributed by atoms with Crippen molar-refractivity contribution in [3.8, 4) is 5.75 Å². The van der Waals surface area contributed by atoms with E-state index in [2.05, 4.69) is 17.3 Å². The summed E-state index contributed by atoms with van der Waals surface area (Å²) >= 11 is 0. The first-order valence-electron chi connectivity index (χ1n) is 7.97. The quantitative estimate of drug-likeness (QED) is 0.829. The van der Waals surface area contributed by atoms with E-state index in [9.17, 15) is 4.79 Å². The summed E-state index contributed by atoms with van der Waals surface area (Å²) in [4.78, 5) is 14.7. The number of nitrogens with zero attached hydrogens (tertiary/aromatic N) is 1. The molecule has 0 aromatic heterocycles. The SMILES string of the molecule is COc1cc(C(=O)NCC2CC3CN(C)CC3C2)ccc1N. The maximum atomic E-state index is 12.3. The van der Waals surface area contributed by atoms with Crippen molar-refractivity contribution >= 4 is 11.6 Å². The van der Waals surface area contributed by atoms with E-state index in [0.717, 1.165) is 18.4 Å². The molecule has 5 nitrogen and oxygen atoms in total. The van der Waals surface area contributed by atoms with Gasteiger partial charge in [-0.15, -0.1) is 0 Å². The second-order valence-electron chi connectivity index (χ2n) is 6.75.